The maximum absolute atomic E-state index is 11.1. The number of para-hydroxylation sites is 2. The molecule has 6 nitrogen and oxygen atoms in total. The molecule has 0 atom stereocenters. The van der Waals surface area contributed by atoms with Gasteiger partial charge in [0.05, 0.1) is 10.6 Å². The van der Waals surface area contributed by atoms with Crippen LogP contribution in [0.15, 0.2) is 24.3 Å². The standard InChI is InChI=1S/C13H16N4O2/c1-9-11(8-14-3)10(2)16(15-9)12-6-4-5-7-13(12)17(18)19/h4-7,14H,8H2,1-3H3. The summed E-state index contributed by atoms with van der Waals surface area (Å²) in [6.07, 6.45) is 0. The van der Waals surface area contributed by atoms with E-state index in [0.29, 0.717) is 12.2 Å². The van der Waals surface area contributed by atoms with Gasteiger partial charge in [0, 0.05) is 23.9 Å². The minimum atomic E-state index is -0.385. The van der Waals surface area contributed by atoms with Crippen molar-refractivity contribution in [1.29, 1.82) is 0 Å². The van der Waals surface area contributed by atoms with Crippen molar-refractivity contribution < 1.29 is 4.92 Å². The number of benzene rings is 1. The van der Waals surface area contributed by atoms with Crippen LogP contribution < -0.4 is 5.32 Å². The molecular formula is C13H16N4O2. The largest absolute Gasteiger partial charge is 0.316 e. The molecule has 19 heavy (non-hydrogen) atoms. The number of hydrogen-bond acceptors (Lipinski definition) is 4. The number of nitro groups is 1. The molecule has 0 bridgehead atoms. The molecule has 0 aliphatic heterocycles. The average molecular weight is 260 g/mol. The molecule has 0 radical (unpaired) electrons. The summed E-state index contributed by atoms with van der Waals surface area (Å²) in [5.41, 5.74) is 3.42. The molecule has 0 aliphatic rings. The first-order valence-corrected chi connectivity index (χ1v) is 5.99. The highest BCUT2D eigenvalue weighted by molar-refractivity contribution is 5.53. The van der Waals surface area contributed by atoms with Crippen molar-refractivity contribution in [3.05, 3.63) is 51.3 Å². The fourth-order valence-electron chi connectivity index (χ4n) is 2.14. The van der Waals surface area contributed by atoms with Crippen LogP contribution in [-0.2, 0) is 6.54 Å². The van der Waals surface area contributed by atoms with Crippen LogP contribution in [-0.4, -0.2) is 21.8 Å². The zero-order valence-electron chi connectivity index (χ0n) is 11.2. The Labute approximate surface area is 111 Å². The summed E-state index contributed by atoms with van der Waals surface area (Å²) in [5.74, 6) is 0. The van der Waals surface area contributed by atoms with Gasteiger partial charge in [-0.1, -0.05) is 12.1 Å². The van der Waals surface area contributed by atoms with Crippen LogP contribution in [0.5, 0.6) is 0 Å². The highest BCUT2D eigenvalue weighted by Gasteiger charge is 2.19. The first kappa shape index (κ1) is 13.2. The lowest BCUT2D eigenvalue weighted by Gasteiger charge is -2.06. The Kier molecular flexibility index (Phi) is 3.62. The number of nitrogens with one attached hydrogen (secondary N) is 1. The Morgan fingerprint density at radius 3 is 2.68 bits per heavy atom. The van der Waals surface area contributed by atoms with Crippen molar-refractivity contribution in [1.82, 2.24) is 15.1 Å². The second-order valence-electron chi connectivity index (χ2n) is 4.34. The number of aromatic nitrogens is 2. The first-order chi connectivity index (χ1) is 9.06. The quantitative estimate of drug-likeness (QED) is 0.675. The van der Waals surface area contributed by atoms with Crippen LogP contribution in [0, 0.1) is 24.0 Å². The predicted molar refractivity (Wildman–Crippen MR) is 72.5 cm³/mol. The number of rotatable bonds is 4. The molecule has 2 aromatic rings. The summed E-state index contributed by atoms with van der Waals surface area (Å²) < 4.78 is 1.64. The van der Waals surface area contributed by atoms with Gasteiger partial charge in [-0.25, -0.2) is 4.68 Å². The van der Waals surface area contributed by atoms with Gasteiger partial charge in [-0.05, 0) is 27.0 Å². The minimum absolute atomic E-state index is 0.0594. The van der Waals surface area contributed by atoms with E-state index in [4.69, 9.17) is 0 Å². The molecule has 0 amide bonds. The molecule has 0 saturated heterocycles. The van der Waals surface area contributed by atoms with Crippen LogP contribution in [0.2, 0.25) is 0 Å². The van der Waals surface area contributed by atoms with E-state index in [1.807, 2.05) is 20.9 Å². The Hall–Kier alpha value is -2.21. The van der Waals surface area contributed by atoms with Crippen LogP contribution in [0.3, 0.4) is 0 Å². The molecule has 0 spiro atoms. The number of nitro benzene ring substituents is 1. The van der Waals surface area contributed by atoms with E-state index < -0.39 is 0 Å². The zero-order valence-corrected chi connectivity index (χ0v) is 11.2. The molecule has 100 valence electrons. The maximum atomic E-state index is 11.1. The monoisotopic (exact) mass is 260 g/mol. The van der Waals surface area contributed by atoms with E-state index in [9.17, 15) is 10.1 Å². The van der Waals surface area contributed by atoms with E-state index >= 15 is 0 Å². The zero-order chi connectivity index (χ0) is 14.0. The van der Waals surface area contributed by atoms with Crippen LogP contribution in [0.1, 0.15) is 17.0 Å². The summed E-state index contributed by atoms with van der Waals surface area (Å²) in [5, 5.41) is 18.6. The lowest BCUT2D eigenvalue weighted by atomic mass is 10.2. The summed E-state index contributed by atoms with van der Waals surface area (Å²) >= 11 is 0. The highest BCUT2D eigenvalue weighted by Crippen LogP contribution is 2.25. The Balaban J connectivity index is 2.60. The molecule has 1 heterocycles. The Morgan fingerprint density at radius 1 is 1.37 bits per heavy atom. The predicted octanol–water partition coefficient (Wildman–Crippen LogP) is 2.12. The number of aryl methyl sites for hydroxylation is 1. The van der Waals surface area contributed by atoms with Crippen molar-refractivity contribution in [2.45, 2.75) is 20.4 Å². The highest BCUT2D eigenvalue weighted by atomic mass is 16.6. The van der Waals surface area contributed by atoms with Crippen LogP contribution in [0.25, 0.3) is 5.69 Å². The van der Waals surface area contributed by atoms with E-state index in [-0.39, 0.29) is 10.6 Å². The van der Waals surface area contributed by atoms with Crippen molar-refractivity contribution in [2.24, 2.45) is 0 Å². The Bertz CT molecular complexity index is 619. The molecule has 6 heteroatoms. The summed E-state index contributed by atoms with van der Waals surface area (Å²) in [7, 11) is 1.86. The third-order valence-corrected chi connectivity index (χ3v) is 3.10. The summed E-state index contributed by atoms with van der Waals surface area (Å²) in [6, 6.07) is 6.63. The van der Waals surface area contributed by atoms with Gasteiger partial charge in [0.2, 0.25) is 0 Å². The van der Waals surface area contributed by atoms with Crippen molar-refractivity contribution in [3.63, 3.8) is 0 Å². The van der Waals surface area contributed by atoms with Crippen molar-refractivity contribution >= 4 is 5.69 Å². The Morgan fingerprint density at radius 2 is 2.05 bits per heavy atom. The molecule has 0 fully saturated rings. The molecule has 0 aliphatic carbocycles. The van der Waals surface area contributed by atoms with E-state index in [1.165, 1.54) is 6.07 Å². The van der Waals surface area contributed by atoms with Gasteiger partial charge in [0.1, 0.15) is 5.69 Å². The fraction of sp³-hybridized carbons (Fsp3) is 0.308. The van der Waals surface area contributed by atoms with Gasteiger partial charge in [-0.2, -0.15) is 5.10 Å². The smallest absolute Gasteiger partial charge is 0.294 e. The van der Waals surface area contributed by atoms with Gasteiger partial charge in [-0.3, -0.25) is 10.1 Å². The second kappa shape index (κ2) is 5.19. The molecule has 0 unspecified atom stereocenters. The number of hydrogen-bond donors (Lipinski definition) is 1. The third kappa shape index (κ3) is 2.34. The summed E-state index contributed by atoms with van der Waals surface area (Å²) in [4.78, 5) is 10.7. The van der Waals surface area contributed by atoms with Crippen molar-refractivity contribution in [3.8, 4) is 5.69 Å². The van der Waals surface area contributed by atoms with Gasteiger partial charge >= 0.3 is 0 Å². The first-order valence-electron chi connectivity index (χ1n) is 5.99. The van der Waals surface area contributed by atoms with E-state index in [1.54, 1.807) is 22.9 Å². The molecule has 1 aromatic carbocycles. The van der Waals surface area contributed by atoms with Gasteiger partial charge in [-0.15, -0.1) is 0 Å². The normalized spacial score (nSPS) is 10.7. The third-order valence-electron chi connectivity index (χ3n) is 3.10. The summed E-state index contributed by atoms with van der Waals surface area (Å²) in [6.45, 7) is 4.52. The average Bonchev–Trinajstić information content (AvgIpc) is 2.67. The molecule has 2 rings (SSSR count). The lowest BCUT2D eigenvalue weighted by molar-refractivity contribution is -0.384. The SMILES string of the molecule is CNCc1c(C)nn(-c2ccccc2[N+](=O)[O-])c1C. The van der Waals surface area contributed by atoms with Gasteiger partial charge in [0.15, 0.2) is 0 Å². The van der Waals surface area contributed by atoms with Gasteiger partial charge < -0.3 is 5.32 Å². The van der Waals surface area contributed by atoms with Crippen molar-refractivity contribution in [2.75, 3.05) is 7.05 Å². The second-order valence-corrected chi connectivity index (χ2v) is 4.34. The van der Waals surface area contributed by atoms with Gasteiger partial charge in [0.25, 0.3) is 5.69 Å². The molecule has 1 N–H and O–H groups in total. The molecule has 1 aromatic heterocycles. The minimum Gasteiger partial charge on any atom is -0.316 e. The maximum Gasteiger partial charge on any atom is 0.294 e. The molecule has 0 saturated carbocycles. The van der Waals surface area contributed by atoms with E-state index in [0.717, 1.165) is 17.0 Å². The molecular weight excluding hydrogens is 244 g/mol. The van der Waals surface area contributed by atoms with E-state index in [2.05, 4.69) is 10.4 Å². The number of nitrogens with zero attached hydrogens (tertiary/aromatic N) is 3. The van der Waals surface area contributed by atoms with Crippen LogP contribution >= 0.6 is 0 Å². The topological polar surface area (TPSA) is 73.0 Å². The fourth-order valence-corrected chi connectivity index (χ4v) is 2.14. The van der Waals surface area contributed by atoms with Crippen LogP contribution in [0.4, 0.5) is 5.69 Å². The lowest BCUT2D eigenvalue weighted by Crippen LogP contribution is -2.08.